The van der Waals surface area contributed by atoms with Crippen LogP contribution in [0.2, 0.25) is 0 Å². The standard InChI is InChI=1S/C30H28N2O5/c1-19-26(31-29(35)36-20(2)21-7-4-3-5-8-21)27(37-32-19)24-11-9-22(10-12-24)23-13-15-25(16-14-23)30(28(33)34)17-6-18-30/h3-5,7-16,20H,6,17-18H2,1-2H3,(H,31,35)(H,33,34)/t20-/m1/s1. The third-order valence-corrected chi connectivity index (χ3v) is 7.18. The van der Waals surface area contributed by atoms with Crippen LogP contribution in [0.15, 0.2) is 83.4 Å². The predicted octanol–water partition coefficient (Wildman–Crippen LogP) is 7.13. The molecule has 7 nitrogen and oxygen atoms in total. The third-order valence-electron chi connectivity index (χ3n) is 7.18. The molecule has 188 valence electrons. The number of hydrogen-bond donors (Lipinski definition) is 2. The SMILES string of the molecule is Cc1noc(-c2ccc(-c3ccc(C4(C(=O)O)CCC4)cc3)cc2)c1NC(=O)O[C@H](C)c1ccccc1. The zero-order valence-corrected chi connectivity index (χ0v) is 20.7. The highest BCUT2D eigenvalue weighted by Crippen LogP contribution is 2.44. The maximum Gasteiger partial charge on any atom is 0.412 e. The van der Waals surface area contributed by atoms with Crippen molar-refractivity contribution in [3.63, 3.8) is 0 Å². The fraction of sp³-hybridized carbons (Fsp3) is 0.233. The molecule has 1 aliphatic rings. The molecule has 1 heterocycles. The average molecular weight is 497 g/mol. The highest BCUT2D eigenvalue weighted by molar-refractivity contribution is 5.91. The molecule has 5 rings (SSSR count). The molecule has 1 amide bonds. The summed E-state index contributed by atoms with van der Waals surface area (Å²) in [6.07, 6.45) is 1.30. The molecule has 0 saturated heterocycles. The van der Waals surface area contributed by atoms with Crippen LogP contribution in [0.25, 0.3) is 22.5 Å². The Morgan fingerprint density at radius 2 is 1.54 bits per heavy atom. The zero-order chi connectivity index (χ0) is 26.0. The number of carboxylic acids is 1. The van der Waals surface area contributed by atoms with Crippen molar-refractivity contribution in [1.29, 1.82) is 0 Å². The van der Waals surface area contributed by atoms with Gasteiger partial charge in [-0.05, 0) is 48.9 Å². The van der Waals surface area contributed by atoms with Crippen molar-refractivity contribution in [1.82, 2.24) is 5.16 Å². The van der Waals surface area contributed by atoms with Crippen LogP contribution in [0.5, 0.6) is 0 Å². The van der Waals surface area contributed by atoms with Gasteiger partial charge in [-0.25, -0.2) is 4.79 Å². The molecule has 2 N–H and O–H groups in total. The number of anilines is 1. The number of carbonyl (C=O) groups excluding carboxylic acids is 1. The van der Waals surface area contributed by atoms with Crippen LogP contribution >= 0.6 is 0 Å². The van der Waals surface area contributed by atoms with Gasteiger partial charge in [0.15, 0.2) is 5.76 Å². The van der Waals surface area contributed by atoms with Crippen LogP contribution in [0.4, 0.5) is 10.5 Å². The Kier molecular flexibility index (Phi) is 6.53. The highest BCUT2D eigenvalue weighted by atomic mass is 16.6. The highest BCUT2D eigenvalue weighted by Gasteiger charge is 2.45. The minimum atomic E-state index is -0.749. The topological polar surface area (TPSA) is 102 Å². The number of amides is 1. The Morgan fingerprint density at radius 1 is 0.946 bits per heavy atom. The molecule has 0 bridgehead atoms. The zero-order valence-electron chi connectivity index (χ0n) is 20.7. The molecule has 7 heteroatoms. The number of hydrogen-bond acceptors (Lipinski definition) is 5. The fourth-order valence-electron chi connectivity index (χ4n) is 4.75. The number of carboxylic acid groups (broad SMARTS) is 1. The number of aromatic nitrogens is 1. The van der Waals surface area contributed by atoms with Gasteiger partial charge in [0.05, 0.1) is 5.41 Å². The Morgan fingerprint density at radius 3 is 2.11 bits per heavy atom. The predicted molar refractivity (Wildman–Crippen MR) is 140 cm³/mol. The van der Waals surface area contributed by atoms with Crippen molar-refractivity contribution < 1.29 is 24.0 Å². The van der Waals surface area contributed by atoms with E-state index in [1.165, 1.54) is 0 Å². The minimum Gasteiger partial charge on any atom is -0.481 e. The summed E-state index contributed by atoms with van der Waals surface area (Å²) in [5.41, 5.74) is 4.74. The second-order valence-corrected chi connectivity index (χ2v) is 9.45. The molecule has 1 aromatic heterocycles. The fourth-order valence-corrected chi connectivity index (χ4v) is 4.75. The average Bonchev–Trinajstić information content (AvgIpc) is 3.24. The Hall–Kier alpha value is -4.39. The van der Waals surface area contributed by atoms with Gasteiger partial charge in [0.2, 0.25) is 0 Å². The lowest BCUT2D eigenvalue weighted by Crippen LogP contribution is -2.42. The van der Waals surface area contributed by atoms with E-state index in [-0.39, 0.29) is 0 Å². The van der Waals surface area contributed by atoms with Gasteiger partial charge in [0.25, 0.3) is 0 Å². The van der Waals surface area contributed by atoms with Gasteiger partial charge in [0, 0.05) is 5.56 Å². The van der Waals surface area contributed by atoms with Crippen molar-refractivity contribution in [2.45, 2.75) is 44.6 Å². The molecule has 0 radical (unpaired) electrons. The maximum atomic E-state index is 12.6. The van der Waals surface area contributed by atoms with E-state index in [1.807, 2.05) is 85.8 Å². The normalized spacial score (nSPS) is 14.9. The first-order valence-electron chi connectivity index (χ1n) is 12.3. The van der Waals surface area contributed by atoms with Gasteiger partial charge in [-0.2, -0.15) is 0 Å². The molecule has 0 aliphatic heterocycles. The first-order chi connectivity index (χ1) is 17.9. The molecule has 0 unspecified atom stereocenters. The minimum absolute atomic E-state index is 0.412. The van der Waals surface area contributed by atoms with Crippen molar-refractivity contribution in [2.75, 3.05) is 5.32 Å². The third kappa shape index (κ3) is 4.72. The van der Waals surface area contributed by atoms with E-state index in [4.69, 9.17) is 9.26 Å². The van der Waals surface area contributed by atoms with E-state index in [0.29, 0.717) is 30.0 Å². The first kappa shape index (κ1) is 24.3. The number of ether oxygens (including phenoxy) is 1. The lowest BCUT2D eigenvalue weighted by molar-refractivity contribution is -0.147. The number of rotatable bonds is 7. The van der Waals surface area contributed by atoms with Crippen LogP contribution in [0, 0.1) is 6.92 Å². The van der Waals surface area contributed by atoms with Crippen molar-refractivity contribution in [3.8, 4) is 22.5 Å². The molecular weight excluding hydrogens is 468 g/mol. The summed E-state index contributed by atoms with van der Waals surface area (Å²) in [7, 11) is 0. The van der Waals surface area contributed by atoms with Gasteiger partial charge in [-0.3, -0.25) is 10.1 Å². The van der Waals surface area contributed by atoms with Gasteiger partial charge in [0.1, 0.15) is 17.5 Å². The molecule has 37 heavy (non-hydrogen) atoms. The van der Waals surface area contributed by atoms with Crippen LogP contribution in [-0.2, 0) is 14.9 Å². The second kappa shape index (κ2) is 9.93. The van der Waals surface area contributed by atoms with Gasteiger partial charge < -0.3 is 14.4 Å². The van der Waals surface area contributed by atoms with Crippen LogP contribution in [0.3, 0.4) is 0 Å². The van der Waals surface area contributed by atoms with Crippen molar-refractivity contribution >= 4 is 17.7 Å². The number of aryl methyl sites for hydroxylation is 1. The largest absolute Gasteiger partial charge is 0.481 e. The molecule has 1 saturated carbocycles. The summed E-state index contributed by atoms with van der Waals surface area (Å²) < 4.78 is 11.1. The number of aliphatic carboxylic acids is 1. The van der Waals surface area contributed by atoms with Crippen LogP contribution in [0.1, 0.15) is 49.1 Å². The van der Waals surface area contributed by atoms with E-state index in [2.05, 4.69) is 10.5 Å². The van der Waals surface area contributed by atoms with E-state index in [1.54, 1.807) is 6.92 Å². The van der Waals surface area contributed by atoms with Crippen LogP contribution in [-0.4, -0.2) is 22.3 Å². The molecule has 1 atom stereocenters. The van der Waals surface area contributed by atoms with E-state index >= 15 is 0 Å². The summed E-state index contributed by atoms with van der Waals surface area (Å²) in [5, 5.41) is 16.5. The first-order valence-corrected chi connectivity index (χ1v) is 12.3. The van der Waals surface area contributed by atoms with E-state index in [0.717, 1.165) is 34.2 Å². The van der Waals surface area contributed by atoms with Gasteiger partial charge >= 0.3 is 12.1 Å². The lowest BCUT2D eigenvalue weighted by Gasteiger charge is -2.38. The lowest BCUT2D eigenvalue weighted by atomic mass is 9.64. The van der Waals surface area contributed by atoms with Crippen molar-refractivity contribution in [2.24, 2.45) is 0 Å². The molecule has 1 fully saturated rings. The summed E-state index contributed by atoms with van der Waals surface area (Å²) in [6.45, 7) is 3.57. The van der Waals surface area contributed by atoms with E-state index < -0.39 is 23.6 Å². The number of benzene rings is 3. The number of nitrogens with zero attached hydrogens (tertiary/aromatic N) is 1. The van der Waals surface area contributed by atoms with E-state index in [9.17, 15) is 14.7 Å². The summed E-state index contributed by atoms with van der Waals surface area (Å²) in [5.74, 6) is -0.307. The Bertz CT molecular complexity index is 1400. The molecular formula is C30H28N2O5. The quantitative estimate of drug-likeness (QED) is 0.282. The Balaban J connectivity index is 1.30. The monoisotopic (exact) mass is 496 g/mol. The summed E-state index contributed by atoms with van der Waals surface area (Å²) in [6, 6.07) is 25.0. The van der Waals surface area contributed by atoms with Crippen LogP contribution < -0.4 is 5.32 Å². The smallest absolute Gasteiger partial charge is 0.412 e. The number of nitrogens with one attached hydrogen (secondary N) is 1. The Labute approximate surface area is 215 Å². The molecule has 0 spiro atoms. The number of carbonyl (C=O) groups is 2. The summed E-state index contributed by atoms with van der Waals surface area (Å²) >= 11 is 0. The maximum absolute atomic E-state index is 12.6. The molecule has 3 aromatic carbocycles. The van der Waals surface area contributed by atoms with Crippen molar-refractivity contribution in [3.05, 3.63) is 95.7 Å². The van der Waals surface area contributed by atoms with Gasteiger partial charge in [-0.15, -0.1) is 0 Å². The summed E-state index contributed by atoms with van der Waals surface area (Å²) in [4.78, 5) is 24.4. The molecule has 1 aliphatic carbocycles. The molecule has 4 aromatic rings. The van der Waals surface area contributed by atoms with Gasteiger partial charge in [-0.1, -0.05) is 90.4 Å². The second-order valence-electron chi connectivity index (χ2n) is 9.45.